The normalized spacial score (nSPS) is 12.4. The molecule has 1 atom stereocenters. The maximum Gasteiger partial charge on any atom is 0.249 e. The van der Waals surface area contributed by atoms with Gasteiger partial charge in [-0.1, -0.05) is 30.6 Å². The Morgan fingerprint density at radius 3 is 2.50 bits per heavy atom. The van der Waals surface area contributed by atoms with Crippen molar-refractivity contribution in [3.63, 3.8) is 0 Å². The van der Waals surface area contributed by atoms with Gasteiger partial charge in [0.2, 0.25) is 17.6 Å². The maximum absolute atomic E-state index is 11.6. The summed E-state index contributed by atoms with van der Waals surface area (Å²) < 4.78 is 5.18. The third-order valence-corrected chi connectivity index (χ3v) is 3.05. The molecule has 1 aromatic heterocycles. The Labute approximate surface area is 122 Å². The van der Waals surface area contributed by atoms with Gasteiger partial charge in [-0.05, 0) is 31.2 Å². The van der Waals surface area contributed by atoms with E-state index in [2.05, 4.69) is 15.5 Å². The second-order valence-corrected chi connectivity index (χ2v) is 5.28. The van der Waals surface area contributed by atoms with Gasteiger partial charge in [0, 0.05) is 16.5 Å². The van der Waals surface area contributed by atoms with Gasteiger partial charge in [0.15, 0.2) is 0 Å². The first kappa shape index (κ1) is 14.5. The standard InChI is InChI=1S/C14H16ClN3O2/c1-8(2)13(19)16-9(3)14-17-12(18-20-14)10-4-6-11(15)7-5-10/h4-9H,1-3H3,(H,16,19). The molecule has 6 heteroatoms. The molecule has 0 aliphatic carbocycles. The van der Waals surface area contributed by atoms with Gasteiger partial charge in [0.1, 0.15) is 6.04 Å². The third-order valence-electron chi connectivity index (χ3n) is 2.80. The van der Waals surface area contributed by atoms with Crippen LogP contribution in [0.25, 0.3) is 11.4 Å². The number of nitrogens with one attached hydrogen (secondary N) is 1. The number of hydrogen-bond acceptors (Lipinski definition) is 4. The van der Waals surface area contributed by atoms with Crippen LogP contribution in [0.15, 0.2) is 28.8 Å². The molecule has 0 fully saturated rings. The van der Waals surface area contributed by atoms with E-state index in [0.717, 1.165) is 5.56 Å². The Morgan fingerprint density at radius 2 is 1.90 bits per heavy atom. The van der Waals surface area contributed by atoms with Gasteiger partial charge in [-0.3, -0.25) is 4.79 Å². The number of benzene rings is 1. The third kappa shape index (κ3) is 3.36. The van der Waals surface area contributed by atoms with Gasteiger partial charge >= 0.3 is 0 Å². The molecule has 20 heavy (non-hydrogen) atoms. The van der Waals surface area contributed by atoms with E-state index >= 15 is 0 Å². The molecule has 1 heterocycles. The Hall–Kier alpha value is -1.88. The highest BCUT2D eigenvalue weighted by molar-refractivity contribution is 6.30. The summed E-state index contributed by atoms with van der Waals surface area (Å²) in [5.41, 5.74) is 0.812. The fourth-order valence-electron chi connectivity index (χ4n) is 1.57. The molecular weight excluding hydrogens is 278 g/mol. The van der Waals surface area contributed by atoms with Gasteiger partial charge in [-0.2, -0.15) is 4.98 Å². The number of carbonyl (C=O) groups is 1. The van der Waals surface area contributed by atoms with Crippen molar-refractivity contribution in [2.24, 2.45) is 5.92 Å². The highest BCUT2D eigenvalue weighted by atomic mass is 35.5. The summed E-state index contributed by atoms with van der Waals surface area (Å²) in [6, 6.07) is 6.83. The van der Waals surface area contributed by atoms with Crippen LogP contribution < -0.4 is 5.32 Å². The maximum atomic E-state index is 11.6. The van der Waals surface area contributed by atoms with Crippen molar-refractivity contribution in [1.29, 1.82) is 0 Å². The summed E-state index contributed by atoms with van der Waals surface area (Å²) in [6.45, 7) is 5.46. The molecule has 0 spiro atoms. The van der Waals surface area contributed by atoms with E-state index < -0.39 is 0 Å². The second-order valence-electron chi connectivity index (χ2n) is 4.85. The smallest absolute Gasteiger partial charge is 0.249 e. The lowest BCUT2D eigenvalue weighted by Gasteiger charge is -2.11. The van der Waals surface area contributed by atoms with E-state index in [1.807, 2.05) is 26.0 Å². The van der Waals surface area contributed by atoms with E-state index in [4.69, 9.17) is 16.1 Å². The predicted octanol–water partition coefficient (Wildman–Crippen LogP) is 3.22. The number of nitrogens with zero attached hydrogens (tertiary/aromatic N) is 2. The van der Waals surface area contributed by atoms with Crippen LogP contribution in [0.2, 0.25) is 5.02 Å². The lowest BCUT2D eigenvalue weighted by molar-refractivity contribution is -0.124. The SMILES string of the molecule is CC(C)C(=O)NC(C)c1nc(-c2ccc(Cl)cc2)no1. The fraction of sp³-hybridized carbons (Fsp3) is 0.357. The molecule has 2 rings (SSSR count). The molecule has 0 aliphatic heterocycles. The molecule has 1 unspecified atom stereocenters. The van der Waals surface area contributed by atoms with E-state index in [1.165, 1.54) is 0 Å². The molecule has 106 valence electrons. The minimum absolute atomic E-state index is 0.0521. The van der Waals surface area contributed by atoms with Gasteiger partial charge in [0.25, 0.3) is 0 Å². The van der Waals surface area contributed by atoms with Crippen molar-refractivity contribution in [3.05, 3.63) is 35.2 Å². The summed E-state index contributed by atoms with van der Waals surface area (Å²) in [7, 11) is 0. The molecule has 5 nitrogen and oxygen atoms in total. The van der Waals surface area contributed by atoms with Gasteiger partial charge < -0.3 is 9.84 Å². The number of amides is 1. The van der Waals surface area contributed by atoms with Gasteiger partial charge in [-0.25, -0.2) is 0 Å². The molecular formula is C14H16ClN3O2. The van der Waals surface area contributed by atoms with Crippen molar-refractivity contribution >= 4 is 17.5 Å². The van der Waals surface area contributed by atoms with E-state index in [9.17, 15) is 4.79 Å². The van der Waals surface area contributed by atoms with Crippen LogP contribution in [0.1, 0.15) is 32.7 Å². The van der Waals surface area contributed by atoms with Crippen LogP contribution in [-0.2, 0) is 4.79 Å². The Bertz CT molecular complexity index is 593. The molecule has 1 amide bonds. The molecule has 0 aliphatic rings. The quantitative estimate of drug-likeness (QED) is 0.940. The van der Waals surface area contributed by atoms with Crippen LogP contribution in [0.5, 0.6) is 0 Å². The summed E-state index contributed by atoms with van der Waals surface area (Å²) >= 11 is 5.83. The number of carbonyl (C=O) groups excluding carboxylic acids is 1. The molecule has 0 bridgehead atoms. The molecule has 1 aromatic carbocycles. The van der Waals surface area contributed by atoms with Crippen LogP contribution in [0.3, 0.4) is 0 Å². The lowest BCUT2D eigenvalue weighted by atomic mass is 10.2. The largest absolute Gasteiger partial charge is 0.344 e. The average Bonchev–Trinajstić information content (AvgIpc) is 2.89. The Kier molecular flexibility index (Phi) is 4.39. The van der Waals surface area contributed by atoms with E-state index in [1.54, 1.807) is 19.1 Å². The summed E-state index contributed by atoms with van der Waals surface area (Å²) in [4.78, 5) is 15.9. The Balaban J connectivity index is 2.12. The monoisotopic (exact) mass is 293 g/mol. The van der Waals surface area contributed by atoms with Crippen molar-refractivity contribution in [3.8, 4) is 11.4 Å². The van der Waals surface area contributed by atoms with Gasteiger partial charge in [0.05, 0.1) is 0 Å². The summed E-state index contributed by atoms with van der Waals surface area (Å²) in [5.74, 6) is 0.714. The van der Waals surface area contributed by atoms with Crippen molar-refractivity contribution < 1.29 is 9.32 Å². The van der Waals surface area contributed by atoms with Crippen molar-refractivity contribution in [1.82, 2.24) is 15.5 Å². The Morgan fingerprint density at radius 1 is 1.25 bits per heavy atom. The fourth-order valence-corrected chi connectivity index (χ4v) is 1.70. The van der Waals surface area contributed by atoms with Gasteiger partial charge in [-0.15, -0.1) is 0 Å². The average molecular weight is 294 g/mol. The minimum atomic E-state index is -0.321. The predicted molar refractivity (Wildman–Crippen MR) is 76.1 cm³/mol. The highest BCUT2D eigenvalue weighted by Crippen LogP contribution is 2.20. The molecule has 0 saturated carbocycles. The van der Waals surface area contributed by atoms with Crippen molar-refractivity contribution in [2.45, 2.75) is 26.8 Å². The van der Waals surface area contributed by atoms with Crippen LogP contribution in [0, 0.1) is 5.92 Å². The van der Waals surface area contributed by atoms with Crippen molar-refractivity contribution in [2.75, 3.05) is 0 Å². The minimum Gasteiger partial charge on any atom is -0.344 e. The zero-order valence-electron chi connectivity index (χ0n) is 11.6. The summed E-state index contributed by atoms with van der Waals surface area (Å²) in [6.07, 6.45) is 0. The zero-order valence-corrected chi connectivity index (χ0v) is 12.3. The first-order valence-corrected chi connectivity index (χ1v) is 6.75. The molecule has 2 aromatic rings. The first-order chi connectivity index (χ1) is 9.47. The number of hydrogen-bond donors (Lipinski definition) is 1. The molecule has 1 N–H and O–H groups in total. The lowest BCUT2D eigenvalue weighted by Crippen LogP contribution is -2.30. The number of rotatable bonds is 4. The summed E-state index contributed by atoms with van der Waals surface area (Å²) in [5, 5.41) is 7.37. The number of aromatic nitrogens is 2. The van der Waals surface area contributed by atoms with E-state index in [0.29, 0.717) is 16.7 Å². The second kappa shape index (κ2) is 6.05. The number of halogens is 1. The van der Waals surface area contributed by atoms with E-state index in [-0.39, 0.29) is 17.9 Å². The van der Waals surface area contributed by atoms with Crippen LogP contribution >= 0.6 is 11.6 Å². The highest BCUT2D eigenvalue weighted by Gasteiger charge is 2.18. The molecule has 0 saturated heterocycles. The topological polar surface area (TPSA) is 68.0 Å². The molecule has 0 radical (unpaired) electrons. The first-order valence-electron chi connectivity index (χ1n) is 6.37. The van der Waals surface area contributed by atoms with Crippen LogP contribution in [0.4, 0.5) is 0 Å². The zero-order chi connectivity index (χ0) is 14.7. The van der Waals surface area contributed by atoms with Crippen LogP contribution in [-0.4, -0.2) is 16.0 Å².